The molecule has 0 radical (unpaired) electrons. The predicted octanol–water partition coefficient (Wildman–Crippen LogP) is 9.45. The topological polar surface area (TPSA) is 86.2 Å². The van der Waals surface area contributed by atoms with Crippen molar-refractivity contribution >= 4 is 7.82 Å². The zero-order chi connectivity index (χ0) is 29.6. The molecule has 0 saturated carbocycles. The molecule has 4 nitrogen and oxygen atoms in total. The van der Waals surface area contributed by atoms with Crippen molar-refractivity contribution in [2.75, 3.05) is 0 Å². The SMILES string of the molecule is CCCCCCCCC[CH2][Zn+].CCCCCCCCC[CH2][Zn+].CCCCCCCCC[CH2][Zn+].O=P([O-])([O-])[O-]. The molecule has 0 aliphatic heterocycles. The van der Waals surface area contributed by atoms with E-state index in [0.29, 0.717) is 0 Å². The van der Waals surface area contributed by atoms with Crippen molar-refractivity contribution in [1.29, 1.82) is 0 Å². The van der Waals surface area contributed by atoms with E-state index in [1.165, 1.54) is 224 Å². The molecule has 0 rings (SSSR count). The van der Waals surface area contributed by atoms with E-state index >= 15 is 0 Å². The number of rotatable bonds is 24. The van der Waals surface area contributed by atoms with Gasteiger partial charge in [-0.15, -0.1) is 0 Å². The normalized spacial score (nSPS) is 10.6. The minimum absolute atomic E-state index is 1.38. The van der Waals surface area contributed by atoms with Gasteiger partial charge in [-0.3, -0.25) is 0 Å². The summed E-state index contributed by atoms with van der Waals surface area (Å²) in [7, 11) is -5.39. The fraction of sp³-hybridized carbons (Fsp3) is 1.00. The first-order valence-corrected chi connectivity index (χ1v) is 24.1. The summed E-state index contributed by atoms with van der Waals surface area (Å²) < 4.78 is 8.55. The molecular weight excluding hydrogens is 651 g/mol. The van der Waals surface area contributed by atoms with Gasteiger partial charge < -0.3 is 19.2 Å². The van der Waals surface area contributed by atoms with Crippen LogP contribution in [0.2, 0.25) is 15.0 Å². The van der Waals surface area contributed by atoms with Crippen LogP contribution in [0.4, 0.5) is 0 Å². The maximum absolute atomic E-state index is 8.55. The molecule has 0 aromatic rings. The second-order valence-electron chi connectivity index (χ2n) is 10.4. The first-order valence-electron chi connectivity index (χ1n) is 16.4. The summed E-state index contributed by atoms with van der Waals surface area (Å²) in [5, 5.41) is 4.49. The fourth-order valence-electron chi connectivity index (χ4n) is 3.93. The Morgan fingerprint density at radius 2 is 0.500 bits per heavy atom. The first-order chi connectivity index (χ1) is 18.2. The molecule has 0 N–H and O–H groups in total. The van der Waals surface area contributed by atoms with E-state index in [1.807, 2.05) is 0 Å². The van der Waals surface area contributed by atoms with Crippen LogP contribution in [0, 0.1) is 0 Å². The third-order valence-corrected chi connectivity index (χ3v) is 9.46. The van der Waals surface area contributed by atoms with Crippen molar-refractivity contribution < 1.29 is 74.2 Å². The van der Waals surface area contributed by atoms with Gasteiger partial charge in [-0.05, 0) is 0 Å². The number of phosphoric acid groups is 1. The second kappa shape index (κ2) is 46.0. The van der Waals surface area contributed by atoms with Crippen LogP contribution in [0.5, 0.6) is 0 Å². The van der Waals surface area contributed by atoms with Gasteiger partial charge in [0, 0.05) is 0 Å². The maximum atomic E-state index is 8.55. The van der Waals surface area contributed by atoms with Gasteiger partial charge >= 0.3 is 245 Å². The van der Waals surface area contributed by atoms with Crippen LogP contribution in [0.1, 0.15) is 175 Å². The van der Waals surface area contributed by atoms with Crippen molar-refractivity contribution in [1.82, 2.24) is 0 Å². The van der Waals surface area contributed by atoms with E-state index in [1.54, 1.807) is 0 Å². The molecule has 8 heteroatoms. The Morgan fingerprint density at radius 3 is 0.632 bits per heavy atom. The number of hydrogen-bond acceptors (Lipinski definition) is 4. The molecule has 0 spiro atoms. The maximum Gasteiger partial charge on any atom is -0.159 e. The summed E-state index contributed by atoms with van der Waals surface area (Å²) in [6.07, 6.45) is 35.2. The molecule has 0 saturated heterocycles. The smallest absolute Gasteiger partial charge is 0.159 e. The van der Waals surface area contributed by atoms with Crippen molar-refractivity contribution in [3.05, 3.63) is 0 Å². The van der Waals surface area contributed by atoms with Gasteiger partial charge in [0.25, 0.3) is 0 Å². The minimum atomic E-state index is -5.39. The molecule has 218 valence electrons. The van der Waals surface area contributed by atoms with E-state index < -0.39 is 7.82 Å². The van der Waals surface area contributed by atoms with Crippen LogP contribution in [0.3, 0.4) is 0 Å². The number of hydrogen-bond donors (Lipinski definition) is 0. The Morgan fingerprint density at radius 1 is 0.368 bits per heavy atom. The predicted molar refractivity (Wildman–Crippen MR) is 150 cm³/mol. The van der Waals surface area contributed by atoms with Crippen molar-refractivity contribution in [3.8, 4) is 0 Å². The number of unbranched alkanes of at least 4 members (excludes halogenated alkanes) is 21. The average molecular weight is 715 g/mol. The molecule has 0 amide bonds. The zero-order valence-corrected chi connectivity index (χ0v) is 36.1. The van der Waals surface area contributed by atoms with Crippen LogP contribution in [-0.2, 0) is 59.5 Å². The van der Waals surface area contributed by atoms with Gasteiger partial charge in [-0.25, -0.2) is 0 Å². The van der Waals surface area contributed by atoms with Crippen molar-refractivity contribution in [2.45, 2.75) is 190 Å². The third-order valence-electron chi connectivity index (χ3n) is 6.31. The summed E-state index contributed by atoms with van der Waals surface area (Å²) in [6, 6.07) is 0. The molecule has 38 heavy (non-hydrogen) atoms. The standard InChI is InChI=1S/3C10H21.H3O4P.3Zn/c3*1-3-5-7-9-10-8-6-4-2;1-5(2,3)4;;;/h3*1,3-10H2,2H3;(H3,1,2,3,4);;;/q;;;;3*+1/p-3. The fourth-order valence-corrected chi connectivity index (χ4v) is 6.16. The molecule has 0 aromatic heterocycles. The molecule has 0 bridgehead atoms. The van der Waals surface area contributed by atoms with E-state index in [0.717, 1.165) is 0 Å². The van der Waals surface area contributed by atoms with Gasteiger partial charge in [0.1, 0.15) is 0 Å². The van der Waals surface area contributed by atoms with E-state index in [9.17, 15) is 0 Å². The quantitative estimate of drug-likeness (QED) is 0.0567. The molecule has 0 atom stereocenters. The molecule has 0 aliphatic rings. The summed E-state index contributed by atoms with van der Waals surface area (Å²) >= 11 is 4.49. The van der Waals surface area contributed by atoms with E-state index in [4.69, 9.17) is 19.2 Å². The van der Waals surface area contributed by atoms with Gasteiger partial charge in [0.05, 0.1) is 0 Å². The Hall–Kier alpha value is 1.98. The van der Waals surface area contributed by atoms with Gasteiger partial charge in [0.2, 0.25) is 0 Å². The van der Waals surface area contributed by atoms with Crippen molar-refractivity contribution in [3.63, 3.8) is 0 Å². The van der Waals surface area contributed by atoms with Crippen LogP contribution in [0.15, 0.2) is 0 Å². The Balaban J connectivity index is -0.000000209. The van der Waals surface area contributed by atoms with Crippen LogP contribution in [-0.4, -0.2) is 0 Å². The largest absolute Gasteiger partial charge is 0.822 e. The van der Waals surface area contributed by atoms with Gasteiger partial charge in [-0.2, -0.15) is 7.82 Å². The molecule has 0 aliphatic carbocycles. The summed E-state index contributed by atoms with van der Waals surface area (Å²) in [4.78, 5) is 25.6. The van der Waals surface area contributed by atoms with Crippen molar-refractivity contribution in [2.24, 2.45) is 0 Å². The molecular formula is C30H63O4PZn3. The van der Waals surface area contributed by atoms with Gasteiger partial charge in [-0.1, -0.05) is 0 Å². The molecule has 0 fully saturated rings. The van der Waals surface area contributed by atoms with E-state index in [2.05, 4.69) is 20.8 Å². The molecule has 0 unspecified atom stereocenters. The summed E-state index contributed by atoms with van der Waals surface area (Å²) in [5.41, 5.74) is 0. The van der Waals surface area contributed by atoms with Crippen LogP contribution in [0.25, 0.3) is 0 Å². The van der Waals surface area contributed by atoms with Crippen LogP contribution < -0.4 is 14.7 Å². The molecule has 0 aromatic carbocycles. The van der Waals surface area contributed by atoms with E-state index in [-0.39, 0.29) is 0 Å². The van der Waals surface area contributed by atoms with Crippen LogP contribution >= 0.6 is 7.82 Å². The third kappa shape index (κ3) is 77.0. The molecule has 0 heterocycles. The Bertz CT molecular complexity index is 338. The Kier molecular flexibility index (Phi) is 56.7. The average Bonchev–Trinajstić information content (AvgIpc) is 2.87. The monoisotopic (exact) mass is 710 g/mol. The minimum Gasteiger partial charge on any atom is -0.822 e. The summed E-state index contributed by atoms with van der Waals surface area (Å²) in [6.45, 7) is 6.84. The summed E-state index contributed by atoms with van der Waals surface area (Å²) in [5.74, 6) is 0. The first kappa shape index (κ1) is 46.9. The van der Waals surface area contributed by atoms with Gasteiger partial charge in [0.15, 0.2) is 0 Å². The Labute approximate surface area is 270 Å². The zero-order valence-electron chi connectivity index (χ0n) is 26.3. The second-order valence-corrected chi connectivity index (χ2v) is 15.8.